The van der Waals surface area contributed by atoms with Crippen molar-refractivity contribution in [2.24, 2.45) is 0 Å². The molecule has 1 rings (SSSR count). The van der Waals surface area contributed by atoms with Gasteiger partial charge in [0.25, 0.3) is 0 Å². The van der Waals surface area contributed by atoms with Crippen molar-refractivity contribution in [2.45, 2.75) is 6.42 Å². The summed E-state index contributed by atoms with van der Waals surface area (Å²) in [6, 6.07) is 6.92. The van der Waals surface area contributed by atoms with Crippen molar-refractivity contribution < 1.29 is 9.84 Å². The molecule has 64 valence electrons. The van der Waals surface area contributed by atoms with Gasteiger partial charge < -0.3 is 9.84 Å². The first-order valence-corrected chi connectivity index (χ1v) is 3.86. The second-order valence-electron chi connectivity index (χ2n) is 2.39. The molecule has 0 saturated heterocycles. The number of aromatic hydroxyl groups is 1. The van der Waals surface area contributed by atoms with E-state index in [0.717, 1.165) is 6.42 Å². The summed E-state index contributed by atoms with van der Waals surface area (Å²) in [5.74, 6) is 0.709. The lowest BCUT2D eigenvalue weighted by molar-refractivity contribution is 0.306. The lowest BCUT2D eigenvalue weighted by Gasteiger charge is -2.05. The normalized spacial score (nSPS) is 9.33. The van der Waals surface area contributed by atoms with Crippen LogP contribution in [0.15, 0.2) is 36.9 Å². The van der Waals surface area contributed by atoms with Crippen LogP contribution in [0.5, 0.6) is 11.5 Å². The summed E-state index contributed by atoms with van der Waals surface area (Å²) in [5, 5.41) is 9.26. The molecule has 0 atom stereocenters. The largest absolute Gasteiger partial charge is 0.504 e. The number of hydrogen-bond donors (Lipinski definition) is 1. The Morgan fingerprint density at radius 1 is 1.42 bits per heavy atom. The van der Waals surface area contributed by atoms with Gasteiger partial charge in [0.2, 0.25) is 0 Å². The lowest BCUT2D eigenvalue weighted by atomic mass is 10.3. The van der Waals surface area contributed by atoms with Gasteiger partial charge in [0, 0.05) is 0 Å². The molecule has 0 radical (unpaired) electrons. The minimum Gasteiger partial charge on any atom is -0.504 e. The highest BCUT2D eigenvalue weighted by Crippen LogP contribution is 2.24. The Labute approximate surface area is 72.1 Å². The molecule has 0 unspecified atom stereocenters. The molecule has 1 aromatic rings. The summed E-state index contributed by atoms with van der Waals surface area (Å²) < 4.78 is 5.26. The molecule has 0 heterocycles. The van der Waals surface area contributed by atoms with Crippen LogP contribution >= 0.6 is 0 Å². The SMILES string of the molecule is C=CCCOc1ccccc1O. The summed E-state index contributed by atoms with van der Waals surface area (Å²) in [6.07, 6.45) is 2.56. The van der Waals surface area contributed by atoms with Crippen molar-refractivity contribution in [2.75, 3.05) is 6.61 Å². The first kappa shape index (κ1) is 8.65. The zero-order valence-corrected chi connectivity index (χ0v) is 6.86. The van der Waals surface area contributed by atoms with E-state index in [2.05, 4.69) is 6.58 Å². The fraction of sp³-hybridized carbons (Fsp3) is 0.200. The predicted molar refractivity (Wildman–Crippen MR) is 48.4 cm³/mol. The van der Waals surface area contributed by atoms with Crippen LogP contribution in [0.3, 0.4) is 0 Å². The summed E-state index contributed by atoms with van der Waals surface area (Å²) in [6.45, 7) is 4.13. The van der Waals surface area contributed by atoms with E-state index in [9.17, 15) is 5.11 Å². The molecular weight excluding hydrogens is 152 g/mol. The molecule has 0 fully saturated rings. The smallest absolute Gasteiger partial charge is 0.160 e. The Morgan fingerprint density at radius 3 is 2.83 bits per heavy atom. The Balaban J connectivity index is 2.51. The van der Waals surface area contributed by atoms with Crippen molar-refractivity contribution in [3.8, 4) is 11.5 Å². The maximum atomic E-state index is 9.26. The van der Waals surface area contributed by atoms with Crippen LogP contribution in [0.4, 0.5) is 0 Å². The second-order valence-corrected chi connectivity index (χ2v) is 2.39. The fourth-order valence-corrected chi connectivity index (χ4v) is 0.831. The van der Waals surface area contributed by atoms with Gasteiger partial charge in [-0.15, -0.1) is 6.58 Å². The van der Waals surface area contributed by atoms with Crippen molar-refractivity contribution in [1.82, 2.24) is 0 Å². The highest BCUT2D eigenvalue weighted by molar-refractivity contribution is 5.37. The molecule has 2 nitrogen and oxygen atoms in total. The molecule has 2 heteroatoms. The van der Waals surface area contributed by atoms with Crippen LogP contribution in [0.2, 0.25) is 0 Å². The van der Waals surface area contributed by atoms with E-state index in [1.807, 2.05) is 6.07 Å². The molecule has 12 heavy (non-hydrogen) atoms. The molecule has 0 aliphatic heterocycles. The number of benzene rings is 1. The number of phenolic OH excluding ortho intramolecular Hbond substituents is 1. The highest BCUT2D eigenvalue weighted by Gasteiger charge is 1.97. The van der Waals surface area contributed by atoms with Gasteiger partial charge >= 0.3 is 0 Å². The zero-order chi connectivity index (χ0) is 8.81. The zero-order valence-electron chi connectivity index (χ0n) is 6.86. The van der Waals surface area contributed by atoms with E-state index >= 15 is 0 Å². The quantitative estimate of drug-likeness (QED) is 0.546. The van der Waals surface area contributed by atoms with E-state index in [-0.39, 0.29) is 5.75 Å². The Bertz CT molecular complexity index is 256. The van der Waals surface area contributed by atoms with E-state index in [1.165, 1.54) is 0 Å². The molecule has 0 amide bonds. The number of ether oxygens (including phenoxy) is 1. The van der Waals surface area contributed by atoms with Crippen LogP contribution < -0.4 is 4.74 Å². The second kappa shape index (κ2) is 4.44. The summed E-state index contributed by atoms with van der Waals surface area (Å²) in [4.78, 5) is 0. The number of para-hydroxylation sites is 2. The van der Waals surface area contributed by atoms with Gasteiger partial charge in [-0.1, -0.05) is 18.2 Å². The summed E-state index contributed by atoms with van der Waals surface area (Å²) in [7, 11) is 0. The van der Waals surface area contributed by atoms with E-state index in [0.29, 0.717) is 12.4 Å². The molecule has 0 bridgehead atoms. The number of rotatable bonds is 4. The molecular formula is C10H12O2. The van der Waals surface area contributed by atoms with E-state index < -0.39 is 0 Å². The van der Waals surface area contributed by atoms with Crippen LogP contribution in [0.1, 0.15) is 6.42 Å². The van der Waals surface area contributed by atoms with Crippen LogP contribution in [0, 0.1) is 0 Å². The first-order valence-electron chi connectivity index (χ1n) is 3.86. The summed E-state index contributed by atoms with van der Waals surface area (Å²) in [5.41, 5.74) is 0. The van der Waals surface area contributed by atoms with Crippen LogP contribution in [0.25, 0.3) is 0 Å². The third kappa shape index (κ3) is 2.31. The van der Waals surface area contributed by atoms with E-state index in [4.69, 9.17) is 4.74 Å². The van der Waals surface area contributed by atoms with Gasteiger partial charge in [0.1, 0.15) is 0 Å². The summed E-state index contributed by atoms with van der Waals surface area (Å²) >= 11 is 0. The van der Waals surface area contributed by atoms with Gasteiger partial charge in [-0.25, -0.2) is 0 Å². The molecule has 0 aliphatic rings. The third-order valence-corrected chi connectivity index (χ3v) is 1.44. The molecule has 0 saturated carbocycles. The van der Waals surface area contributed by atoms with Gasteiger partial charge in [-0.3, -0.25) is 0 Å². The lowest BCUT2D eigenvalue weighted by Crippen LogP contribution is -1.95. The van der Waals surface area contributed by atoms with Crippen molar-refractivity contribution in [3.05, 3.63) is 36.9 Å². The Hall–Kier alpha value is -1.44. The minimum absolute atomic E-state index is 0.182. The maximum absolute atomic E-state index is 9.26. The highest BCUT2D eigenvalue weighted by atomic mass is 16.5. The monoisotopic (exact) mass is 164 g/mol. The van der Waals surface area contributed by atoms with Gasteiger partial charge in [-0.05, 0) is 18.6 Å². The molecule has 0 aliphatic carbocycles. The molecule has 1 N–H and O–H groups in total. The van der Waals surface area contributed by atoms with Crippen molar-refractivity contribution in [1.29, 1.82) is 0 Å². The van der Waals surface area contributed by atoms with Gasteiger partial charge in [-0.2, -0.15) is 0 Å². The Morgan fingerprint density at radius 2 is 2.17 bits per heavy atom. The average molecular weight is 164 g/mol. The fourth-order valence-electron chi connectivity index (χ4n) is 0.831. The number of phenols is 1. The third-order valence-electron chi connectivity index (χ3n) is 1.44. The Kier molecular flexibility index (Phi) is 3.20. The minimum atomic E-state index is 0.182. The average Bonchev–Trinajstić information content (AvgIpc) is 2.09. The van der Waals surface area contributed by atoms with Gasteiger partial charge in [0.05, 0.1) is 6.61 Å². The number of hydrogen-bond acceptors (Lipinski definition) is 2. The molecule has 0 aromatic heterocycles. The topological polar surface area (TPSA) is 29.5 Å². The predicted octanol–water partition coefficient (Wildman–Crippen LogP) is 2.35. The molecule has 1 aromatic carbocycles. The first-order chi connectivity index (χ1) is 5.84. The van der Waals surface area contributed by atoms with Crippen LogP contribution in [-0.4, -0.2) is 11.7 Å². The van der Waals surface area contributed by atoms with Crippen LogP contribution in [-0.2, 0) is 0 Å². The van der Waals surface area contributed by atoms with Gasteiger partial charge in [0.15, 0.2) is 11.5 Å². The van der Waals surface area contributed by atoms with Crippen molar-refractivity contribution in [3.63, 3.8) is 0 Å². The van der Waals surface area contributed by atoms with E-state index in [1.54, 1.807) is 24.3 Å². The maximum Gasteiger partial charge on any atom is 0.160 e. The van der Waals surface area contributed by atoms with Crippen molar-refractivity contribution >= 4 is 0 Å². The standard InChI is InChI=1S/C10H12O2/c1-2-3-8-12-10-7-5-4-6-9(10)11/h2,4-7,11H,1,3,8H2. The molecule has 0 spiro atoms.